The molecule has 0 spiro atoms. The summed E-state index contributed by atoms with van der Waals surface area (Å²) >= 11 is 0. The van der Waals surface area contributed by atoms with Crippen LogP contribution >= 0.6 is 0 Å². The zero-order valence-electron chi connectivity index (χ0n) is 12.8. The first-order valence-corrected chi connectivity index (χ1v) is 7.89. The van der Waals surface area contributed by atoms with Crippen LogP contribution in [0.3, 0.4) is 0 Å². The summed E-state index contributed by atoms with van der Waals surface area (Å²) in [7, 11) is 0. The van der Waals surface area contributed by atoms with E-state index in [-0.39, 0.29) is 0 Å². The van der Waals surface area contributed by atoms with Gasteiger partial charge in [-0.25, -0.2) is 4.98 Å². The number of aliphatic hydroxyl groups is 1. The monoisotopic (exact) mass is 288 g/mol. The highest BCUT2D eigenvalue weighted by Gasteiger charge is 2.20. The molecular weight excluding hydrogens is 264 g/mol. The van der Waals surface area contributed by atoms with Crippen molar-refractivity contribution < 1.29 is 5.11 Å². The van der Waals surface area contributed by atoms with Gasteiger partial charge in [0.1, 0.15) is 6.10 Å². The van der Waals surface area contributed by atoms with Crippen molar-refractivity contribution in [3.8, 4) is 0 Å². The van der Waals surface area contributed by atoms with Gasteiger partial charge >= 0.3 is 0 Å². The smallest absolute Gasteiger partial charge is 0.101 e. The fourth-order valence-electron chi connectivity index (χ4n) is 3.17. The number of aromatic nitrogens is 4. The average molecular weight is 288 g/mol. The second-order valence-corrected chi connectivity index (χ2v) is 6.26. The molecule has 0 aliphatic heterocycles. The molecule has 2 heterocycles. The molecule has 0 radical (unpaired) electrons. The molecule has 2 aromatic heterocycles. The summed E-state index contributed by atoms with van der Waals surface area (Å²) in [5.41, 5.74) is 1.81. The number of hydrogen-bond acceptors (Lipinski definition) is 3. The highest BCUT2D eigenvalue weighted by atomic mass is 16.3. The molecule has 0 saturated heterocycles. The zero-order valence-corrected chi connectivity index (χ0v) is 12.8. The number of imidazole rings is 1. The van der Waals surface area contributed by atoms with Gasteiger partial charge in [-0.05, 0) is 32.8 Å². The van der Waals surface area contributed by atoms with Crippen molar-refractivity contribution in [2.75, 3.05) is 0 Å². The Labute approximate surface area is 125 Å². The summed E-state index contributed by atoms with van der Waals surface area (Å²) in [5, 5.41) is 15.1. The predicted molar refractivity (Wildman–Crippen MR) is 81.0 cm³/mol. The van der Waals surface area contributed by atoms with E-state index in [1.807, 2.05) is 10.6 Å². The Kier molecular flexibility index (Phi) is 4.10. The largest absolute Gasteiger partial charge is 0.386 e. The van der Waals surface area contributed by atoms with Gasteiger partial charge in [0.2, 0.25) is 0 Å². The van der Waals surface area contributed by atoms with Crippen molar-refractivity contribution in [2.24, 2.45) is 0 Å². The van der Waals surface area contributed by atoms with Crippen LogP contribution in [-0.2, 0) is 6.42 Å². The number of hydrogen-bond donors (Lipinski definition) is 1. The predicted octanol–water partition coefficient (Wildman–Crippen LogP) is 3.05. The van der Waals surface area contributed by atoms with Crippen LogP contribution in [0.2, 0.25) is 0 Å². The van der Waals surface area contributed by atoms with Crippen LogP contribution in [0.4, 0.5) is 0 Å². The normalized spacial score (nSPS) is 17.7. The first-order chi connectivity index (χ1) is 10.1. The summed E-state index contributed by atoms with van der Waals surface area (Å²) < 4.78 is 4.09. The molecule has 2 aromatic rings. The highest BCUT2D eigenvalue weighted by Crippen LogP contribution is 2.29. The van der Waals surface area contributed by atoms with Gasteiger partial charge in [-0.2, -0.15) is 5.10 Å². The molecule has 1 unspecified atom stereocenters. The van der Waals surface area contributed by atoms with Crippen LogP contribution in [0.15, 0.2) is 24.8 Å². The first-order valence-electron chi connectivity index (χ1n) is 7.89. The summed E-state index contributed by atoms with van der Waals surface area (Å²) in [6.45, 7) is 4.18. The summed E-state index contributed by atoms with van der Waals surface area (Å²) in [4.78, 5) is 4.15. The molecule has 1 fully saturated rings. The van der Waals surface area contributed by atoms with E-state index in [0.717, 1.165) is 11.4 Å². The van der Waals surface area contributed by atoms with Gasteiger partial charge in [0, 0.05) is 18.7 Å². The topological polar surface area (TPSA) is 55.9 Å². The molecular formula is C16H24N4O. The number of aliphatic hydroxyl groups excluding tert-OH is 1. The Morgan fingerprint density at radius 2 is 2.10 bits per heavy atom. The van der Waals surface area contributed by atoms with E-state index in [1.54, 1.807) is 12.5 Å². The molecule has 0 bridgehead atoms. The van der Waals surface area contributed by atoms with Crippen molar-refractivity contribution in [3.05, 3.63) is 36.2 Å². The molecule has 5 heteroatoms. The Morgan fingerprint density at radius 1 is 1.33 bits per heavy atom. The van der Waals surface area contributed by atoms with Crippen LogP contribution in [0.5, 0.6) is 0 Å². The van der Waals surface area contributed by atoms with Crippen molar-refractivity contribution in [1.29, 1.82) is 0 Å². The van der Waals surface area contributed by atoms with Crippen molar-refractivity contribution >= 4 is 0 Å². The minimum Gasteiger partial charge on any atom is -0.386 e. The van der Waals surface area contributed by atoms with Crippen LogP contribution in [-0.4, -0.2) is 24.4 Å². The van der Waals surface area contributed by atoms with Gasteiger partial charge in [0.05, 0.1) is 30.0 Å². The third kappa shape index (κ3) is 3.02. The molecule has 1 N–H and O–H groups in total. The molecule has 1 aliphatic rings. The average Bonchev–Trinajstić information content (AvgIpc) is 3.19. The molecule has 0 amide bonds. The molecule has 1 atom stereocenters. The van der Waals surface area contributed by atoms with Crippen LogP contribution in [0.25, 0.3) is 0 Å². The lowest BCUT2D eigenvalue weighted by atomic mass is 10.1. The van der Waals surface area contributed by atoms with E-state index in [2.05, 4.69) is 34.8 Å². The minimum absolute atomic E-state index is 0.299. The van der Waals surface area contributed by atoms with E-state index < -0.39 is 6.10 Å². The lowest BCUT2D eigenvalue weighted by molar-refractivity contribution is 0.165. The van der Waals surface area contributed by atoms with Crippen molar-refractivity contribution in [3.63, 3.8) is 0 Å². The van der Waals surface area contributed by atoms with Crippen LogP contribution in [0, 0.1) is 0 Å². The molecule has 114 valence electrons. The lowest BCUT2D eigenvalue weighted by Crippen LogP contribution is -2.12. The van der Waals surface area contributed by atoms with Gasteiger partial charge in [-0.1, -0.05) is 12.8 Å². The summed E-state index contributed by atoms with van der Waals surface area (Å²) in [6.07, 6.45) is 10.6. The van der Waals surface area contributed by atoms with E-state index in [9.17, 15) is 5.11 Å². The van der Waals surface area contributed by atoms with Gasteiger partial charge in [-0.15, -0.1) is 0 Å². The minimum atomic E-state index is -0.554. The van der Waals surface area contributed by atoms with Crippen LogP contribution < -0.4 is 0 Å². The SMILES string of the molecule is CC(C)n1cncc1C(O)Cc1ccn(C2CCCC2)n1. The second-order valence-electron chi connectivity index (χ2n) is 6.26. The molecule has 5 nitrogen and oxygen atoms in total. The fraction of sp³-hybridized carbons (Fsp3) is 0.625. The third-order valence-electron chi connectivity index (χ3n) is 4.36. The van der Waals surface area contributed by atoms with E-state index in [1.165, 1.54) is 25.7 Å². The van der Waals surface area contributed by atoms with Crippen LogP contribution in [0.1, 0.15) is 69.1 Å². The van der Waals surface area contributed by atoms with Gasteiger partial charge in [0.25, 0.3) is 0 Å². The maximum atomic E-state index is 10.5. The van der Waals surface area contributed by atoms with Gasteiger partial charge < -0.3 is 9.67 Å². The van der Waals surface area contributed by atoms with E-state index in [0.29, 0.717) is 18.5 Å². The van der Waals surface area contributed by atoms with E-state index in [4.69, 9.17) is 0 Å². The number of nitrogens with zero attached hydrogens (tertiary/aromatic N) is 4. The maximum Gasteiger partial charge on any atom is 0.101 e. The lowest BCUT2D eigenvalue weighted by Gasteiger charge is -2.15. The summed E-state index contributed by atoms with van der Waals surface area (Å²) in [5.74, 6) is 0. The summed E-state index contributed by atoms with van der Waals surface area (Å²) in [6, 6.07) is 2.88. The van der Waals surface area contributed by atoms with E-state index >= 15 is 0 Å². The van der Waals surface area contributed by atoms with Crippen molar-refractivity contribution in [1.82, 2.24) is 19.3 Å². The second kappa shape index (κ2) is 6.02. The third-order valence-corrected chi connectivity index (χ3v) is 4.36. The number of rotatable bonds is 5. The Hall–Kier alpha value is -1.62. The Morgan fingerprint density at radius 3 is 2.81 bits per heavy atom. The molecule has 0 aromatic carbocycles. The van der Waals surface area contributed by atoms with Gasteiger partial charge in [0.15, 0.2) is 0 Å². The molecule has 1 aliphatic carbocycles. The standard InChI is InChI=1S/C16H24N4O/c1-12(2)19-11-17-10-15(19)16(21)9-13-7-8-20(18-13)14-5-3-4-6-14/h7-8,10-12,14,16,21H,3-6,9H2,1-2H3. The Balaban J connectivity index is 1.69. The first kappa shape index (κ1) is 14.3. The Bertz CT molecular complexity index is 581. The fourth-order valence-corrected chi connectivity index (χ4v) is 3.17. The quantitative estimate of drug-likeness (QED) is 0.920. The molecule has 3 rings (SSSR count). The zero-order chi connectivity index (χ0) is 14.8. The maximum absolute atomic E-state index is 10.5. The van der Waals surface area contributed by atoms with Gasteiger partial charge in [-0.3, -0.25) is 4.68 Å². The molecule has 21 heavy (non-hydrogen) atoms. The molecule has 1 saturated carbocycles. The highest BCUT2D eigenvalue weighted by molar-refractivity contribution is 5.10. The van der Waals surface area contributed by atoms with Crippen molar-refractivity contribution in [2.45, 2.75) is 64.1 Å².